The Labute approximate surface area is 226 Å². The van der Waals surface area contributed by atoms with Gasteiger partial charge in [0.05, 0.1) is 0 Å². The van der Waals surface area contributed by atoms with Gasteiger partial charge in [0.25, 0.3) is 0 Å². The van der Waals surface area contributed by atoms with Gasteiger partial charge in [0.2, 0.25) is 12.7 Å². The van der Waals surface area contributed by atoms with Crippen molar-refractivity contribution >= 4 is 6.41 Å². The maximum Gasteiger partial charge on any atom is 0.224 e. The van der Waals surface area contributed by atoms with E-state index in [1.165, 1.54) is 12.1 Å². The predicted octanol–water partition coefficient (Wildman–Crippen LogP) is 4.58. The minimum Gasteiger partial charge on any atom is -0.508 e. The lowest BCUT2D eigenvalue weighted by atomic mass is 9.96. The lowest BCUT2D eigenvalue weighted by Crippen LogP contribution is -2.68. The Balaban J connectivity index is 1.50. The Hall–Kier alpha value is -4.69. The molecule has 4 aromatic carbocycles. The van der Waals surface area contributed by atoms with Crippen molar-refractivity contribution in [3.63, 3.8) is 0 Å². The zero-order chi connectivity index (χ0) is 26.9. The third kappa shape index (κ3) is 6.80. The van der Waals surface area contributed by atoms with Gasteiger partial charge in [-0.25, -0.2) is 0 Å². The normalized spacial score (nSPS) is 22.3. The molecule has 0 aliphatic carbocycles. The highest BCUT2D eigenvalue weighted by Crippen LogP contribution is 2.31. The third-order valence-electron chi connectivity index (χ3n) is 6.18. The van der Waals surface area contributed by atoms with Crippen molar-refractivity contribution in [1.82, 2.24) is 5.32 Å². The number of aromatic hydroxyl groups is 1. The first-order valence-electron chi connectivity index (χ1n) is 12.6. The third-order valence-corrected chi connectivity index (χ3v) is 6.18. The van der Waals surface area contributed by atoms with E-state index in [9.17, 15) is 9.90 Å². The molecule has 0 bridgehead atoms. The monoisotopic (exact) mass is 527 g/mol. The van der Waals surface area contributed by atoms with Crippen LogP contribution in [0.25, 0.3) is 0 Å². The van der Waals surface area contributed by atoms with Crippen molar-refractivity contribution in [1.29, 1.82) is 0 Å². The minimum atomic E-state index is -0.964. The molecule has 1 amide bonds. The first-order chi connectivity index (χ1) is 19.2. The number of phenolic OH excluding ortho intramolecular Hbond substituents is 1. The van der Waals surface area contributed by atoms with Crippen LogP contribution in [0.3, 0.4) is 0 Å². The summed E-state index contributed by atoms with van der Waals surface area (Å²) in [5.74, 6) is 2.42. The molecule has 4 aromatic rings. The number of phenols is 1. The zero-order valence-corrected chi connectivity index (χ0v) is 21.0. The van der Waals surface area contributed by atoms with Crippen LogP contribution in [0.5, 0.6) is 28.7 Å². The second-order valence-corrected chi connectivity index (χ2v) is 8.88. The van der Waals surface area contributed by atoms with E-state index in [1.807, 2.05) is 91.0 Å². The van der Waals surface area contributed by atoms with E-state index in [1.54, 1.807) is 12.1 Å². The average Bonchev–Trinajstić information content (AvgIpc) is 2.98. The molecule has 1 aliphatic rings. The smallest absolute Gasteiger partial charge is 0.224 e. The van der Waals surface area contributed by atoms with E-state index in [0.717, 1.165) is 0 Å². The first-order valence-corrected chi connectivity index (χ1v) is 12.6. The standard InChI is InChI=1S/C31H29NO7/c33-21-32-28-30(37-25-14-8-3-9-15-25)29(36-24-12-6-2-7-13-24)27(20-35-23-10-4-1-5-11-23)39-31(28)38-26-18-16-22(34)17-19-26/h1-19,21,27-31,34H,20H2,(H,32,33)/t27-,28?,29-,30-,31+/m1/s1. The molecular formula is C31H29NO7. The summed E-state index contributed by atoms with van der Waals surface area (Å²) in [7, 11) is 0. The number of hydrogen-bond donors (Lipinski definition) is 2. The summed E-state index contributed by atoms with van der Waals surface area (Å²) in [6, 6.07) is 33.5. The number of carbonyl (C=O) groups excluding carboxylic acids is 1. The molecule has 8 heteroatoms. The summed E-state index contributed by atoms with van der Waals surface area (Å²) in [6.07, 6.45) is -2.48. The molecule has 5 rings (SSSR count). The van der Waals surface area contributed by atoms with Crippen molar-refractivity contribution in [2.24, 2.45) is 0 Å². The van der Waals surface area contributed by atoms with E-state index in [-0.39, 0.29) is 12.4 Å². The average molecular weight is 528 g/mol. The molecule has 1 aliphatic heterocycles. The lowest BCUT2D eigenvalue weighted by molar-refractivity contribution is -0.232. The summed E-state index contributed by atoms with van der Waals surface area (Å²) >= 11 is 0. The number of rotatable bonds is 11. The van der Waals surface area contributed by atoms with Gasteiger partial charge in [-0.15, -0.1) is 0 Å². The molecule has 1 fully saturated rings. The maximum atomic E-state index is 11.8. The molecule has 2 N–H and O–H groups in total. The summed E-state index contributed by atoms with van der Waals surface area (Å²) < 4.78 is 31.6. The van der Waals surface area contributed by atoms with Crippen molar-refractivity contribution in [3.05, 3.63) is 115 Å². The van der Waals surface area contributed by atoms with Gasteiger partial charge in [-0.3, -0.25) is 4.79 Å². The second kappa shape index (κ2) is 12.7. The Morgan fingerprint density at radius 2 is 1.18 bits per heavy atom. The van der Waals surface area contributed by atoms with E-state index in [0.29, 0.717) is 29.4 Å². The van der Waals surface area contributed by atoms with Gasteiger partial charge in [-0.2, -0.15) is 0 Å². The summed E-state index contributed by atoms with van der Waals surface area (Å²) in [4.78, 5) is 11.8. The van der Waals surface area contributed by atoms with Crippen molar-refractivity contribution in [3.8, 4) is 28.7 Å². The highest BCUT2D eigenvalue weighted by atomic mass is 16.7. The number of para-hydroxylation sites is 3. The number of amides is 1. The van der Waals surface area contributed by atoms with Gasteiger partial charge in [-0.05, 0) is 60.7 Å². The van der Waals surface area contributed by atoms with E-state index in [4.69, 9.17) is 23.7 Å². The van der Waals surface area contributed by atoms with Gasteiger partial charge in [0.1, 0.15) is 47.5 Å². The quantitative estimate of drug-likeness (QED) is 0.276. The van der Waals surface area contributed by atoms with Gasteiger partial charge < -0.3 is 34.1 Å². The number of nitrogens with one attached hydrogen (secondary N) is 1. The molecule has 0 spiro atoms. The van der Waals surface area contributed by atoms with Crippen LogP contribution in [0.1, 0.15) is 0 Å². The molecule has 200 valence electrons. The Bertz CT molecular complexity index is 1290. The number of ether oxygens (including phenoxy) is 5. The van der Waals surface area contributed by atoms with Gasteiger partial charge in [-0.1, -0.05) is 54.6 Å². The molecule has 0 radical (unpaired) electrons. The van der Waals surface area contributed by atoms with Gasteiger partial charge >= 0.3 is 0 Å². The van der Waals surface area contributed by atoms with Gasteiger partial charge in [0.15, 0.2) is 12.2 Å². The highest BCUT2D eigenvalue weighted by Gasteiger charge is 2.50. The molecule has 1 unspecified atom stereocenters. The fourth-order valence-electron chi connectivity index (χ4n) is 4.34. The molecule has 1 heterocycles. The zero-order valence-electron chi connectivity index (χ0n) is 21.0. The summed E-state index contributed by atoms with van der Waals surface area (Å²) in [5.41, 5.74) is 0. The van der Waals surface area contributed by atoms with Crippen LogP contribution >= 0.6 is 0 Å². The molecular weight excluding hydrogens is 498 g/mol. The summed E-state index contributed by atoms with van der Waals surface area (Å²) in [5, 5.41) is 12.5. The van der Waals surface area contributed by atoms with Crippen LogP contribution in [0.4, 0.5) is 0 Å². The maximum absolute atomic E-state index is 11.8. The molecule has 39 heavy (non-hydrogen) atoms. The van der Waals surface area contributed by atoms with Crippen LogP contribution in [-0.4, -0.2) is 48.8 Å². The predicted molar refractivity (Wildman–Crippen MR) is 144 cm³/mol. The van der Waals surface area contributed by atoms with E-state index < -0.39 is 30.6 Å². The largest absolute Gasteiger partial charge is 0.508 e. The Morgan fingerprint density at radius 3 is 1.74 bits per heavy atom. The van der Waals surface area contributed by atoms with Crippen LogP contribution in [-0.2, 0) is 9.53 Å². The fourth-order valence-corrected chi connectivity index (χ4v) is 4.34. The lowest BCUT2D eigenvalue weighted by Gasteiger charge is -2.45. The second-order valence-electron chi connectivity index (χ2n) is 8.88. The fraction of sp³-hybridized carbons (Fsp3) is 0.194. The van der Waals surface area contributed by atoms with Crippen molar-refractivity contribution in [2.75, 3.05) is 6.61 Å². The number of benzene rings is 4. The van der Waals surface area contributed by atoms with Crippen LogP contribution in [0.2, 0.25) is 0 Å². The van der Waals surface area contributed by atoms with Crippen molar-refractivity contribution in [2.45, 2.75) is 30.6 Å². The molecule has 8 nitrogen and oxygen atoms in total. The van der Waals surface area contributed by atoms with Crippen molar-refractivity contribution < 1.29 is 33.6 Å². The Kier molecular flexibility index (Phi) is 8.45. The molecule has 1 saturated heterocycles. The number of hydrogen-bond acceptors (Lipinski definition) is 7. The van der Waals surface area contributed by atoms with E-state index in [2.05, 4.69) is 5.32 Å². The first kappa shape index (κ1) is 25.9. The van der Waals surface area contributed by atoms with Crippen LogP contribution in [0.15, 0.2) is 115 Å². The van der Waals surface area contributed by atoms with Crippen LogP contribution < -0.4 is 24.3 Å². The highest BCUT2D eigenvalue weighted by molar-refractivity contribution is 5.47. The topological polar surface area (TPSA) is 95.5 Å². The SMILES string of the molecule is O=CNC1[C@@H](Oc2ccc(O)cc2)O[C@H](COc2ccccc2)[C@@H](Oc2ccccc2)[C@@H]1Oc1ccccc1. The molecule has 0 aromatic heterocycles. The van der Waals surface area contributed by atoms with E-state index >= 15 is 0 Å². The molecule has 0 saturated carbocycles. The summed E-state index contributed by atoms with van der Waals surface area (Å²) in [6.45, 7) is 0.124. The van der Waals surface area contributed by atoms with Gasteiger partial charge in [0, 0.05) is 0 Å². The Morgan fingerprint density at radius 1 is 0.667 bits per heavy atom. The molecule has 5 atom stereocenters. The minimum absolute atomic E-state index is 0.102. The van der Waals surface area contributed by atoms with Crippen LogP contribution in [0, 0.1) is 0 Å². The number of carbonyl (C=O) groups is 1.